The van der Waals surface area contributed by atoms with Gasteiger partial charge in [0.25, 0.3) is 0 Å². The molecule has 132 valence electrons. The van der Waals surface area contributed by atoms with Gasteiger partial charge in [0.05, 0.1) is 11.6 Å². The van der Waals surface area contributed by atoms with Crippen molar-refractivity contribution in [3.05, 3.63) is 41.6 Å². The lowest BCUT2D eigenvalue weighted by Gasteiger charge is -2.23. The highest BCUT2D eigenvalue weighted by atomic mass is 16.3. The number of hydrogen-bond donors (Lipinski definition) is 1. The summed E-state index contributed by atoms with van der Waals surface area (Å²) < 4.78 is 0. The molecule has 1 aliphatic carbocycles. The number of pyridine rings is 1. The predicted molar refractivity (Wildman–Crippen MR) is 97.1 cm³/mol. The van der Waals surface area contributed by atoms with E-state index in [1.807, 2.05) is 17.2 Å². The molecule has 5 nitrogen and oxygen atoms in total. The van der Waals surface area contributed by atoms with E-state index < -0.39 is 6.10 Å². The van der Waals surface area contributed by atoms with Crippen molar-refractivity contribution in [2.45, 2.75) is 32.4 Å². The van der Waals surface area contributed by atoms with Gasteiger partial charge in [0.1, 0.15) is 0 Å². The van der Waals surface area contributed by atoms with Crippen LogP contribution in [0.4, 0.5) is 0 Å². The number of carbonyl (C=O) groups excluding carboxylic acids is 1. The van der Waals surface area contributed by atoms with Crippen molar-refractivity contribution in [1.82, 2.24) is 14.8 Å². The fourth-order valence-corrected chi connectivity index (χ4v) is 3.74. The smallest absolute Gasteiger partial charge is 0.225 e. The van der Waals surface area contributed by atoms with Crippen LogP contribution in [0, 0.1) is 12.8 Å². The van der Waals surface area contributed by atoms with E-state index in [1.54, 1.807) is 0 Å². The molecule has 1 aliphatic heterocycles. The van der Waals surface area contributed by atoms with Gasteiger partial charge in [-0.05, 0) is 43.0 Å². The van der Waals surface area contributed by atoms with Crippen LogP contribution >= 0.6 is 0 Å². The number of β-amino-alcohol motifs (C(OH)–C–C–N with tert-alkyl or cyclic N) is 1. The average Bonchev–Trinajstić information content (AvgIpc) is 3.45. The number of aromatic nitrogens is 1. The first-order valence-corrected chi connectivity index (χ1v) is 9.14. The highest BCUT2D eigenvalue weighted by molar-refractivity contribution is 5.83. The number of hydrogen-bond acceptors (Lipinski definition) is 4. The van der Waals surface area contributed by atoms with Crippen molar-refractivity contribution in [2.24, 2.45) is 5.92 Å². The molecule has 1 aromatic heterocycles. The number of aliphatic hydroxyl groups is 1. The normalized spacial score (nSPS) is 22.2. The van der Waals surface area contributed by atoms with E-state index in [4.69, 9.17) is 0 Å². The molecule has 2 aromatic rings. The highest BCUT2D eigenvalue weighted by Crippen LogP contribution is 2.31. The first-order valence-electron chi connectivity index (χ1n) is 9.14. The van der Waals surface area contributed by atoms with E-state index in [9.17, 15) is 9.90 Å². The molecule has 1 saturated carbocycles. The van der Waals surface area contributed by atoms with E-state index in [-0.39, 0.29) is 11.8 Å². The largest absolute Gasteiger partial charge is 0.390 e. The summed E-state index contributed by atoms with van der Waals surface area (Å²) in [5, 5.41) is 11.6. The van der Waals surface area contributed by atoms with Crippen LogP contribution in [0.15, 0.2) is 30.5 Å². The molecule has 25 heavy (non-hydrogen) atoms. The number of aryl methyl sites for hydroxylation is 1. The van der Waals surface area contributed by atoms with Crippen LogP contribution in [0.1, 0.15) is 24.0 Å². The number of nitrogens with zero attached hydrogens (tertiary/aromatic N) is 3. The third-order valence-electron chi connectivity index (χ3n) is 5.34. The summed E-state index contributed by atoms with van der Waals surface area (Å²) in [4.78, 5) is 20.9. The molecule has 1 aromatic carbocycles. The molecule has 0 spiro atoms. The lowest BCUT2D eigenvalue weighted by Crippen LogP contribution is -2.38. The van der Waals surface area contributed by atoms with Gasteiger partial charge in [-0.3, -0.25) is 14.7 Å². The average molecular weight is 339 g/mol. The van der Waals surface area contributed by atoms with Gasteiger partial charge >= 0.3 is 0 Å². The second-order valence-corrected chi connectivity index (χ2v) is 7.38. The van der Waals surface area contributed by atoms with Gasteiger partial charge in [0, 0.05) is 50.2 Å². The lowest BCUT2D eigenvalue weighted by molar-refractivity contribution is -0.133. The minimum atomic E-state index is -0.487. The number of carbonyl (C=O) groups is 1. The van der Waals surface area contributed by atoms with E-state index in [0.29, 0.717) is 19.6 Å². The fourth-order valence-electron chi connectivity index (χ4n) is 3.74. The van der Waals surface area contributed by atoms with Gasteiger partial charge in [0.15, 0.2) is 0 Å². The van der Waals surface area contributed by atoms with Crippen LogP contribution in [0.5, 0.6) is 0 Å². The van der Waals surface area contributed by atoms with Crippen molar-refractivity contribution < 1.29 is 9.90 Å². The van der Waals surface area contributed by atoms with Gasteiger partial charge < -0.3 is 10.0 Å². The summed E-state index contributed by atoms with van der Waals surface area (Å²) in [6.07, 6.45) is 3.35. The summed E-state index contributed by atoms with van der Waals surface area (Å²) in [6, 6.07) is 8.25. The third kappa shape index (κ3) is 3.53. The fraction of sp³-hybridized carbons (Fsp3) is 0.500. The SMILES string of the molecule is Cc1ccc2ncccc2c1CN1CCN(C(=O)C2CC2)C[C@@H](O)C1. The molecular formula is C20H25N3O2. The van der Waals surface area contributed by atoms with Crippen LogP contribution in [-0.2, 0) is 11.3 Å². The second-order valence-electron chi connectivity index (χ2n) is 7.38. The minimum absolute atomic E-state index is 0.213. The Bertz CT molecular complexity index is 788. The van der Waals surface area contributed by atoms with E-state index >= 15 is 0 Å². The molecule has 0 radical (unpaired) electrons. The van der Waals surface area contributed by atoms with E-state index in [0.717, 1.165) is 31.4 Å². The zero-order chi connectivity index (χ0) is 17.4. The zero-order valence-corrected chi connectivity index (χ0v) is 14.7. The predicted octanol–water partition coefficient (Wildman–Crippen LogP) is 1.96. The maximum atomic E-state index is 12.3. The van der Waals surface area contributed by atoms with Crippen molar-refractivity contribution in [3.63, 3.8) is 0 Å². The van der Waals surface area contributed by atoms with E-state index in [1.165, 1.54) is 16.5 Å². The molecule has 2 heterocycles. The van der Waals surface area contributed by atoms with Crippen LogP contribution in [0.3, 0.4) is 0 Å². The minimum Gasteiger partial charge on any atom is -0.390 e. The summed E-state index contributed by atoms with van der Waals surface area (Å²) >= 11 is 0. The number of benzene rings is 1. The lowest BCUT2D eigenvalue weighted by atomic mass is 10.0. The second kappa shape index (κ2) is 6.73. The monoisotopic (exact) mass is 339 g/mol. The molecule has 4 rings (SSSR count). The Kier molecular flexibility index (Phi) is 4.44. The number of fused-ring (bicyclic) bond motifs is 1. The Morgan fingerprint density at radius 3 is 2.88 bits per heavy atom. The summed E-state index contributed by atoms with van der Waals surface area (Å²) in [7, 11) is 0. The van der Waals surface area contributed by atoms with Crippen molar-refractivity contribution >= 4 is 16.8 Å². The summed E-state index contributed by atoms with van der Waals surface area (Å²) in [5.74, 6) is 0.441. The molecule has 1 atom stereocenters. The first kappa shape index (κ1) is 16.5. The highest BCUT2D eigenvalue weighted by Gasteiger charge is 2.35. The maximum Gasteiger partial charge on any atom is 0.225 e. The van der Waals surface area contributed by atoms with Crippen LogP contribution < -0.4 is 0 Å². The molecule has 2 fully saturated rings. The molecule has 2 aliphatic rings. The van der Waals surface area contributed by atoms with Gasteiger partial charge in [-0.15, -0.1) is 0 Å². The zero-order valence-electron chi connectivity index (χ0n) is 14.7. The van der Waals surface area contributed by atoms with Crippen molar-refractivity contribution in [3.8, 4) is 0 Å². The van der Waals surface area contributed by atoms with E-state index in [2.05, 4.69) is 35.0 Å². The Morgan fingerprint density at radius 2 is 2.08 bits per heavy atom. The Morgan fingerprint density at radius 1 is 1.24 bits per heavy atom. The van der Waals surface area contributed by atoms with Gasteiger partial charge in [-0.25, -0.2) is 0 Å². The Labute approximate surface area is 148 Å². The molecule has 1 amide bonds. The van der Waals surface area contributed by atoms with Gasteiger partial charge in [-0.2, -0.15) is 0 Å². The summed E-state index contributed by atoms with van der Waals surface area (Å²) in [6.45, 7) is 5.46. The van der Waals surface area contributed by atoms with Gasteiger partial charge in [-0.1, -0.05) is 12.1 Å². The molecule has 5 heteroatoms. The summed E-state index contributed by atoms with van der Waals surface area (Å²) in [5.41, 5.74) is 3.51. The number of amides is 1. The topological polar surface area (TPSA) is 56.7 Å². The van der Waals surface area contributed by atoms with Crippen LogP contribution in [-0.4, -0.2) is 58.1 Å². The quantitative estimate of drug-likeness (QED) is 0.929. The third-order valence-corrected chi connectivity index (χ3v) is 5.34. The standard InChI is InChI=1S/C20H25N3O2/c1-14-4-7-19-17(3-2-8-21-19)18(14)13-22-9-10-23(12-16(24)11-22)20(25)15-5-6-15/h2-4,7-8,15-16,24H,5-6,9-13H2,1H3/t16-/m0/s1. The molecule has 1 saturated heterocycles. The molecule has 1 N–H and O–H groups in total. The van der Waals surface area contributed by atoms with Crippen LogP contribution in [0.2, 0.25) is 0 Å². The Hall–Kier alpha value is -1.98. The molecule has 0 bridgehead atoms. The van der Waals surface area contributed by atoms with Crippen molar-refractivity contribution in [1.29, 1.82) is 0 Å². The van der Waals surface area contributed by atoms with Gasteiger partial charge in [0.2, 0.25) is 5.91 Å². The number of aliphatic hydroxyl groups excluding tert-OH is 1. The van der Waals surface area contributed by atoms with Crippen molar-refractivity contribution in [2.75, 3.05) is 26.2 Å². The first-order chi connectivity index (χ1) is 12.1. The maximum absolute atomic E-state index is 12.3. The molecule has 0 unspecified atom stereocenters. The Balaban J connectivity index is 1.53. The number of rotatable bonds is 3. The van der Waals surface area contributed by atoms with Crippen LogP contribution in [0.25, 0.3) is 10.9 Å². The molecular weight excluding hydrogens is 314 g/mol.